The number of anilines is 1. The first-order chi connectivity index (χ1) is 8.27. The van der Waals surface area contributed by atoms with Crippen molar-refractivity contribution in [3.8, 4) is 0 Å². The van der Waals surface area contributed by atoms with Crippen molar-refractivity contribution in [2.75, 3.05) is 19.5 Å². The zero-order valence-corrected chi connectivity index (χ0v) is 11.9. The highest BCUT2D eigenvalue weighted by atomic mass is 32.2. The van der Waals surface area contributed by atoms with Crippen LogP contribution in [0, 0.1) is 5.92 Å². The molecule has 0 saturated carbocycles. The Morgan fingerprint density at radius 1 is 1.56 bits per heavy atom. The van der Waals surface area contributed by atoms with Gasteiger partial charge in [-0.05, 0) is 5.92 Å². The van der Waals surface area contributed by atoms with E-state index < -0.39 is 10.0 Å². The number of nitrogen functional groups attached to an aromatic ring is 1. The third-order valence-electron chi connectivity index (χ3n) is 2.57. The molecule has 1 aromatic rings. The second-order valence-electron chi connectivity index (χ2n) is 4.48. The minimum Gasteiger partial charge on any atom is -0.383 e. The van der Waals surface area contributed by atoms with Crippen LogP contribution in [0.15, 0.2) is 11.1 Å². The highest BCUT2D eigenvalue weighted by Gasteiger charge is 2.25. The van der Waals surface area contributed by atoms with Crippen LogP contribution in [-0.2, 0) is 21.8 Å². The first-order valence-corrected chi connectivity index (χ1v) is 7.06. The SMILES string of the molecule is COCC(NS(=O)(=O)c1cn(C)nc1N)C(C)C. The molecule has 0 fully saturated rings. The molecule has 1 heterocycles. The van der Waals surface area contributed by atoms with Gasteiger partial charge in [0.2, 0.25) is 10.0 Å². The van der Waals surface area contributed by atoms with Gasteiger partial charge in [0.05, 0.1) is 6.61 Å². The van der Waals surface area contributed by atoms with E-state index in [1.807, 2.05) is 13.8 Å². The number of rotatable bonds is 6. The summed E-state index contributed by atoms with van der Waals surface area (Å²) in [6.45, 7) is 4.13. The van der Waals surface area contributed by atoms with E-state index >= 15 is 0 Å². The lowest BCUT2D eigenvalue weighted by molar-refractivity contribution is 0.157. The number of aryl methyl sites for hydroxylation is 1. The fraction of sp³-hybridized carbons (Fsp3) is 0.700. The maximum Gasteiger partial charge on any atom is 0.246 e. The van der Waals surface area contributed by atoms with E-state index in [2.05, 4.69) is 9.82 Å². The molecule has 1 atom stereocenters. The third-order valence-corrected chi connectivity index (χ3v) is 4.08. The lowest BCUT2D eigenvalue weighted by Crippen LogP contribution is -2.41. The Balaban J connectivity index is 2.97. The summed E-state index contributed by atoms with van der Waals surface area (Å²) in [5.74, 6) is 0.0996. The smallest absolute Gasteiger partial charge is 0.246 e. The lowest BCUT2D eigenvalue weighted by Gasteiger charge is -2.21. The second kappa shape index (κ2) is 5.68. The summed E-state index contributed by atoms with van der Waals surface area (Å²) in [6.07, 6.45) is 1.38. The minimum atomic E-state index is -3.67. The van der Waals surface area contributed by atoms with Crippen LogP contribution in [0.2, 0.25) is 0 Å². The van der Waals surface area contributed by atoms with Gasteiger partial charge in [0.25, 0.3) is 0 Å². The van der Waals surface area contributed by atoms with E-state index in [9.17, 15) is 8.42 Å². The summed E-state index contributed by atoms with van der Waals surface area (Å²) in [6, 6.07) is -0.306. The normalized spacial score (nSPS) is 14.1. The molecular formula is C10H20N4O3S. The Hall–Kier alpha value is -1.12. The molecule has 8 heteroatoms. The molecule has 0 amide bonds. The number of aromatic nitrogens is 2. The number of nitrogens with zero attached hydrogens (tertiary/aromatic N) is 2. The molecule has 3 N–H and O–H groups in total. The summed E-state index contributed by atoms with van der Waals surface area (Å²) in [5.41, 5.74) is 5.57. The zero-order valence-electron chi connectivity index (χ0n) is 11.0. The van der Waals surface area contributed by atoms with E-state index in [1.165, 1.54) is 18.0 Å². The Morgan fingerprint density at radius 3 is 2.56 bits per heavy atom. The van der Waals surface area contributed by atoms with Crippen LogP contribution in [0.5, 0.6) is 0 Å². The number of sulfonamides is 1. The van der Waals surface area contributed by atoms with Crippen LogP contribution in [0.4, 0.5) is 5.82 Å². The van der Waals surface area contributed by atoms with Gasteiger partial charge >= 0.3 is 0 Å². The highest BCUT2D eigenvalue weighted by molar-refractivity contribution is 7.89. The molecular weight excluding hydrogens is 256 g/mol. The lowest BCUT2D eigenvalue weighted by atomic mass is 10.1. The zero-order chi connectivity index (χ0) is 13.9. The van der Waals surface area contributed by atoms with Crippen LogP contribution in [0.1, 0.15) is 13.8 Å². The molecule has 0 aromatic carbocycles. The van der Waals surface area contributed by atoms with Crippen molar-refractivity contribution < 1.29 is 13.2 Å². The number of nitrogens with two attached hydrogens (primary N) is 1. The van der Waals surface area contributed by atoms with Gasteiger partial charge in [0.15, 0.2) is 5.82 Å². The number of nitrogens with one attached hydrogen (secondary N) is 1. The van der Waals surface area contributed by atoms with E-state index in [1.54, 1.807) is 7.05 Å². The quantitative estimate of drug-likeness (QED) is 0.759. The number of hydrogen-bond acceptors (Lipinski definition) is 5. The molecule has 0 aliphatic heterocycles. The number of hydrogen-bond donors (Lipinski definition) is 2. The summed E-state index contributed by atoms with van der Waals surface area (Å²) >= 11 is 0. The van der Waals surface area contributed by atoms with Crippen molar-refractivity contribution in [3.05, 3.63) is 6.20 Å². The average molecular weight is 276 g/mol. The van der Waals surface area contributed by atoms with Crippen molar-refractivity contribution in [1.82, 2.24) is 14.5 Å². The van der Waals surface area contributed by atoms with Crippen LogP contribution in [0.25, 0.3) is 0 Å². The molecule has 0 aliphatic carbocycles. The van der Waals surface area contributed by atoms with Gasteiger partial charge in [-0.1, -0.05) is 13.8 Å². The molecule has 1 unspecified atom stereocenters. The first kappa shape index (κ1) is 14.9. The van der Waals surface area contributed by atoms with Crippen molar-refractivity contribution in [2.24, 2.45) is 13.0 Å². The number of ether oxygens (including phenoxy) is 1. The van der Waals surface area contributed by atoms with Gasteiger partial charge < -0.3 is 10.5 Å². The fourth-order valence-electron chi connectivity index (χ4n) is 1.50. The molecule has 1 rings (SSSR count). The Morgan fingerprint density at radius 2 is 2.17 bits per heavy atom. The van der Waals surface area contributed by atoms with E-state index in [0.717, 1.165) is 0 Å². The molecule has 0 bridgehead atoms. The highest BCUT2D eigenvalue weighted by Crippen LogP contribution is 2.17. The van der Waals surface area contributed by atoms with E-state index in [0.29, 0.717) is 6.61 Å². The van der Waals surface area contributed by atoms with Gasteiger partial charge in [-0.25, -0.2) is 13.1 Å². The second-order valence-corrected chi connectivity index (χ2v) is 6.16. The molecule has 0 spiro atoms. The van der Waals surface area contributed by atoms with Crippen molar-refractivity contribution in [3.63, 3.8) is 0 Å². The van der Waals surface area contributed by atoms with Gasteiger partial charge in [-0.3, -0.25) is 4.68 Å². The third kappa shape index (κ3) is 3.44. The first-order valence-electron chi connectivity index (χ1n) is 5.58. The maximum atomic E-state index is 12.2. The summed E-state index contributed by atoms with van der Waals surface area (Å²) in [5, 5.41) is 3.82. The molecule has 0 aliphatic rings. The molecule has 0 saturated heterocycles. The molecule has 1 aromatic heterocycles. The predicted molar refractivity (Wildman–Crippen MR) is 68.4 cm³/mol. The van der Waals surface area contributed by atoms with Crippen LogP contribution in [0.3, 0.4) is 0 Å². The minimum absolute atomic E-state index is 0.00764. The van der Waals surface area contributed by atoms with Crippen molar-refractivity contribution >= 4 is 15.8 Å². The van der Waals surface area contributed by atoms with E-state index in [4.69, 9.17) is 10.5 Å². The Labute approximate surface area is 107 Å². The Kier molecular flexibility index (Phi) is 4.71. The molecule has 18 heavy (non-hydrogen) atoms. The summed E-state index contributed by atoms with van der Waals surface area (Å²) < 4.78 is 33.3. The predicted octanol–water partition coefficient (Wildman–Crippen LogP) is -0.0484. The van der Waals surface area contributed by atoms with Crippen LogP contribution in [-0.4, -0.2) is 38.0 Å². The number of methoxy groups -OCH3 is 1. The largest absolute Gasteiger partial charge is 0.383 e. The Bertz CT molecular complexity index is 495. The molecule has 0 radical (unpaired) electrons. The van der Waals surface area contributed by atoms with E-state index in [-0.39, 0.29) is 22.7 Å². The van der Waals surface area contributed by atoms with Gasteiger partial charge in [-0.15, -0.1) is 0 Å². The molecule has 104 valence electrons. The van der Waals surface area contributed by atoms with Crippen LogP contribution >= 0.6 is 0 Å². The summed E-state index contributed by atoms with van der Waals surface area (Å²) in [7, 11) is -0.529. The van der Waals surface area contributed by atoms with Crippen LogP contribution < -0.4 is 10.5 Å². The summed E-state index contributed by atoms with van der Waals surface area (Å²) in [4.78, 5) is -0.00764. The fourth-order valence-corrected chi connectivity index (χ4v) is 2.97. The monoisotopic (exact) mass is 276 g/mol. The topological polar surface area (TPSA) is 99.2 Å². The molecule has 7 nitrogen and oxygen atoms in total. The van der Waals surface area contributed by atoms with Gasteiger partial charge in [0, 0.05) is 26.4 Å². The van der Waals surface area contributed by atoms with Gasteiger partial charge in [0.1, 0.15) is 4.90 Å². The van der Waals surface area contributed by atoms with Gasteiger partial charge in [-0.2, -0.15) is 5.10 Å². The maximum absolute atomic E-state index is 12.2. The van der Waals surface area contributed by atoms with Crippen molar-refractivity contribution in [1.29, 1.82) is 0 Å². The van der Waals surface area contributed by atoms with Crippen molar-refractivity contribution in [2.45, 2.75) is 24.8 Å². The standard InChI is InChI=1S/C10H20N4O3S/c1-7(2)8(6-17-4)13-18(15,16)9-5-14(3)12-10(9)11/h5,7-8,13H,6H2,1-4H3,(H2,11,12). The average Bonchev–Trinajstić information content (AvgIpc) is 2.57.